The molecule has 2 aromatic rings. The molecule has 0 unspecified atom stereocenters. The van der Waals surface area contributed by atoms with E-state index in [0.29, 0.717) is 16.8 Å². The van der Waals surface area contributed by atoms with Crippen molar-refractivity contribution in [3.63, 3.8) is 0 Å². The SMILES string of the molecule is CC(C)(C)NS(=O)(=O)c1csc(C(=O)N2CC3(CCC4(CC4)CC3)c3cc(Br)ccc32)c1. The van der Waals surface area contributed by atoms with Crippen molar-refractivity contribution in [2.75, 3.05) is 11.4 Å². The molecule has 2 heterocycles. The second-order valence-electron chi connectivity index (χ2n) is 10.8. The molecule has 5 rings (SSSR count). The first kappa shape index (κ1) is 22.6. The number of amides is 1. The van der Waals surface area contributed by atoms with E-state index in [1.807, 2.05) is 17.0 Å². The molecule has 2 aliphatic carbocycles. The number of carbonyl (C=O) groups is 1. The summed E-state index contributed by atoms with van der Waals surface area (Å²) < 4.78 is 29.1. The molecule has 0 bridgehead atoms. The van der Waals surface area contributed by atoms with E-state index in [2.05, 4.69) is 26.7 Å². The first-order valence-electron chi connectivity index (χ1n) is 11.2. The van der Waals surface area contributed by atoms with Gasteiger partial charge in [0.15, 0.2) is 0 Å². The summed E-state index contributed by atoms with van der Waals surface area (Å²) in [6.07, 6.45) is 7.40. The van der Waals surface area contributed by atoms with E-state index in [4.69, 9.17) is 0 Å². The minimum atomic E-state index is -3.67. The van der Waals surface area contributed by atoms with Crippen LogP contribution < -0.4 is 9.62 Å². The maximum Gasteiger partial charge on any atom is 0.268 e. The number of halogens is 1. The molecule has 1 N–H and O–H groups in total. The van der Waals surface area contributed by atoms with Crippen LogP contribution in [-0.4, -0.2) is 26.4 Å². The van der Waals surface area contributed by atoms with Gasteiger partial charge in [-0.1, -0.05) is 15.9 Å². The maximum absolute atomic E-state index is 13.6. The lowest BCUT2D eigenvalue weighted by Crippen LogP contribution is -2.40. The van der Waals surface area contributed by atoms with Crippen LogP contribution in [0.4, 0.5) is 5.69 Å². The Morgan fingerprint density at radius 1 is 1.09 bits per heavy atom. The van der Waals surface area contributed by atoms with Crippen LogP contribution in [0.2, 0.25) is 0 Å². The van der Waals surface area contributed by atoms with Crippen molar-refractivity contribution < 1.29 is 13.2 Å². The molecule has 1 amide bonds. The number of nitrogens with one attached hydrogen (secondary N) is 1. The van der Waals surface area contributed by atoms with Crippen molar-refractivity contribution in [2.45, 2.75) is 75.1 Å². The normalized spacial score (nSPS) is 21.2. The standard InChI is InChI=1S/C24H29BrN2O3S2/c1-22(2,3)26-32(29,30)17-13-20(31-14-17)21(28)27-15-24(10-8-23(6-7-23)9-11-24)18-12-16(25)4-5-19(18)27/h4-5,12-14,26H,6-11,15H2,1-3H3. The number of thiophene rings is 1. The predicted octanol–water partition coefficient (Wildman–Crippen LogP) is 5.84. The second-order valence-corrected chi connectivity index (χ2v) is 14.3. The number of nitrogens with zero attached hydrogens (tertiary/aromatic N) is 1. The quantitative estimate of drug-likeness (QED) is 0.535. The van der Waals surface area contributed by atoms with Crippen LogP contribution in [0.3, 0.4) is 0 Å². The molecule has 0 saturated heterocycles. The van der Waals surface area contributed by atoms with Crippen LogP contribution in [0.1, 0.15) is 74.5 Å². The summed E-state index contributed by atoms with van der Waals surface area (Å²) in [5.74, 6) is -0.112. The van der Waals surface area contributed by atoms with Gasteiger partial charge in [-0.15, -0.1) is 11.3 Å². The lowest BCUT2D eigenvalue weighted by Gasteiger charge is -2.38. The van der Waals surface area contributed by atoms with E-state index in [1.165, 1.54) is 48.6 Å². The minimum absolute atomic E-state index is 0.00255. The van der Waals surface area contributed by atoms with Crippen LogP contribution in [0.5, 0.6) is 0 Å². The number of benzene rings is 1. The monoisotopic (exact) mass is 536 g/mol. The van der Waals surface area contributed by atoms with Gasteiger partial charge in [-0.05, 0) is 94.5 Å². The molecule has 0 radical (unpaired) electrons. The van der Waals surface area contributed by atoms with E-state index in [9.17, 15) is 13.2 Å². The van der Waals surface area contributed by atoms with Crippen molar-refractivity contribution in [3.8, 4) is 0 Å². The third-order valence-corrected chi connectivity index (χ3v) is 10.6. The first-order valence-corrected chi connectivity index (χ1v) is 14.3. The average molecular weight is 538 g/mol. The molecule has 2 fully saturated rings. The van der Waals surface area contributed by atoms with Gasteiger partial charge in [-0.2, -0.15) is 0 Å². The van der Waals surface area contributed by atoms with Gasteiger partial charge in [0.25, 0.3) is 5.91 Å². The largest absolute Gasteiger partial charge is 0.306 e. The van der Waals surface area contributed by atoms with Gasteiger partial charge in [0, 0.05) is 33.0 Å². The third-order valence-electron chi connectivity index (χ3n) is 7.29. The Balaban J connectivity index is 1.44. The number of anilines is 1. The highest BCUT2D eigenvalue weighted by Crippen LogP contribution is 2.62. The van der Waals surface area contributed by atoms with Gasteiger partial charge in [0.1, 0.15) is 0 Å². The summed E-state index contributed by atoms with van der Waals surface area (Å²) in [4.78, 5) is 16.1. The molecule has 0 atom stereocenters. The van der Waals surface area contributed by atoms with Crippen LogP contribution in [-0.2, 0) is 15.4 Å². The minimum Gasteiger partial charge on any atom is -0.306 e. The van der Waals surface area contributed by atoms with Crippen molar-refractivity contribution in [1.29, 1.82) is 0 Å². The molecular formula is C24H29BrN2O3S2. The molecular weight excluding hydrogens is 508 g/mol. The third kappa shape index (κ3) is 3.97. The van der Waals surface area contributed by atoms with Crippen molar-refractivity contribution >= 4 is 48.9 Å². The molecule has 1 aliphatic heterocycles. The summed E-state index contributed by atoms with van der Waals surface area (Å²) in [6, 6.07) is 7.72. The van der Waals surface area contributed by atoms with Crippen LogP contribution in [0.25, 0.3) is 0 Å². The molecule has 8 heteroatoms. The van der Waals surface area contributed by atoms with Crippen molar-refractivity contribution in [1.82, 2.24) is 4.72 Å². The summed E-state index contributed by atoms with van der Waals surface area (Å²) in [6.45, 7) is 6.08. The molecule has 1 aromatic heterocycles. The highest BCUT2D eigenvalue weighted by molar-refractivity contribution is 9.10. The lowest BCUT2D eigenvalue weighted by atomic mass is 9.66. The topological polar surface area (TPSA) is 66.5 Å². The Kier molecular flexibility index (Phi) is 5.21. The van der Waals surface area contributed by atoms with Gasteiger partial charge >= 0.3 is 0 Å². The van der Waals surface area contributed by atoms with E-state index in [0.717, 1.165) is 23.0 Å². The molecule has 2 saturated carbocycles. The van der Waals surface area contributed by atoms with E-state index >= 15 is 0 Å². The van der Waals surface area contributed by atoms with Crippen molar-refractivity contribution in [2.24, 2.45) is 5.41 Å². The van der Waals surface area contributed by atoms with E-state index in [-0.39, 0.29) is 16.2 Å². The Hall–Kier alpha value is -1.22. The van der Waals surface area contributed by atoms with Crippen LogP contribution in [0, 0.1) is 5.41 Å². The number of fused-ring (bicyclic) bond motifs is 2. The van der Waals surface area contributed by atoms with E-state index in [1.54, 1.807) is 26.2 Å². The summed E-state index contributed by atoms with van der Waals surface area (Å²) in [5, 5.41) is 1.56. The average Bonchev–Trinajstić information content (AvgIpc) is 3.15. The number of hydrogen-bond donors (Lipinski definition) is 1. The Bertz CT molecular complexity index is 1180. The Morgan fingerprint density at radius 2 is 1.75 bits per heavy atom. The van der Waals surface area contributed by atoms with Gasteiger partial charge in [0.05, 0.1) is 9.77 Å². The van der Waals surface area contributed by atoms with Gasteiger partial charge in [-0.3, -0.25) is 4.79 Å². The molecule has 3 aliphatic rings. The van der Waals surface area contributed by atoms with Crippen molar-refractivity contribution in [3.05, 3.63) is 44.6 Å². The zero-order valence-corrected chi connectivity index (χ0v) is 21.9. The fraction of sp³-hybridized carbons (Fsp3) is 0.542. The fourth-order valence-electron chi connectivity index (χ4n) is 5.35. The van der Waals surface area contributed by atoms with Crippen LogP contribution in [0.15, 0.2) is 39.0 Å². The molecule has 172 valence electrons. The highest BCUT2D eigenvalue weighted by atomic mass is 79.9. The molecule has 2 spiro atoms. The second kappa shape index (κ2) is 7.39. The molecule has 5 nitrogen and oxygen atoms in total. The number of hydrogen-bond acceptors (Lipinski definition) is 4. The van der Waals surface area contributed by atoms with Gasteiger partial charge in [0.2, 0.25) is 10.0 Å². The summed E-state index contributed by atoms with van der Waals surface area (Å²) in [5.41, 5.74) is 2.22. The maximum atomic E-state index is 13.6. The van der Waals surface area contributed by atoms with Gasteiger partial charge in [-0.25, -0.2) is 13.1 Å². The number of rotatable bonds is 3. The number of carbonyl (C=O) groups excluding carboxylic acids is 1. The van der Waals surface area contributed by atoms with Crippen LogP contribution >= 0.6 is 27.3 Å². The zero-order valence-electron chi connectivity index (χ0n) is 18.7. The number of sulfonamides is 1. The summed E-state index contributed by atoms with van der Waals surface area (Å²) >= 11 is 4.83. The predicted molar refractivity (Wildman–Crippen MR) is 132 cm³/mol. The first-order chi connectivity index (χ1) is 14.9. The summed E-state index contributed by atoms with van der Waals surface area (Å²) in [7, 11) is -3.67. The molecule has 1 aromatic carbocycles. The smallest absolute Gasteiger partial charge is 0.268 e. The lowest BCUT2D eigenvalue weighted by molar-refractivity contribution is 0.0984. The fourth-order valence-corrected chi connectivity index (χ4v) is 8.35. The van der Waals surface area contributed by atoms with Gasteiger partial charge < -0.3 is 4.90 Å². The highest BCUT2D eigenvalue weighted by Gasteiger charge is 2.53. The molecule has 32 heavy (non-hydrogen) atoms. The zero-order chi connectivity index (χ0) is 22.9. The van der Waals surface area contributed by atoms with E-state index < -0.39 is 15.6 Å². The Morgan fingerprint density at radius 3 is 2.38 bits per heavy atom. The Labute approximate surface area is 202 Å².